The number of benzene rings is 1. The summed E-state index contributed by atoms with van der Waals surface area (Å²) < 4.78 is 1.22. The fourth-order valence-electron chi connectivity index (χ4n) is 2.25. The van der Waals surface area contributed by atoms with Crippen LogP contribution in [0.25, 0.3) is 0 Å². The van der Waals surface area contributed by atoms with E-state index in [-0.39, 0.29) is 0 Å². The van der Waals surface area contributed by atoms with E-state index in [1.165, 1.54) is 41.4 Å². The Bertz CT molecular complexity index is 329. The number of nitrogens with one attached hydrogen (secondary N) is 1. The van der Waals surface area contributed by atoms with Crippen LogP contribution in [0.5, 0.6) is 0 Å². The average Bonchev–Trinajstić information content (AvgIpc) is 2.69. The predicted octanol–water partition coefficient (Wildman–Crippen LogP) is 3.31. The van der Waals surface area contributed by atoms with E-state index in [4.69, 9.17) is 0 Å². The second-order valence-electron chi connectivity index (χ2n) is 4.32. The minimum atomic E-state index is 0.698. The highest BCUT2D eigenvalue weighted by molar-refractivity contribution is 9.10. The van der Waals surface area contributed by atoms with Gasteiger partial charge in [-0.25, -0.2) is 0 Å². The van der Waals surface area contributed by atoms with Gasteiger partial charge in [-0.1, -0.05) is 28.9 Å². The Hall–Kier alpha value is -0.340. The van der Waals surface area contributed by atoms with Gasteiger partial charge in [0.25, 0.3) is 0 Å². The molecule has 0 amide bonds. The van der Waals surface area contributed by atoms with Crippen LogP contribution in [0.3, 0.4) is 0 Å². The molecule has 1 aliphatic rings. The minimum absolute atomic E-state index is 0.698. The molecule has 1 saturated heterocycles. The van der Waals surface area contributed by atoms with Crippen molar-refractivity contribution in [3.8, 4) is 0 Å². The van der Waals surface area contributed by atoms with Gasteiger partial charge in [0.05, 0.1) is 0 Å². The first-order valence-electron chi connectivity index (χ1n) is 5.79. The van der Waals surface area contributed by atoms with E-state index in [2.05, 4.69) is 46.4 Å². The van der Waals surface area contributed by atoms with Gasteiger partial charge < -0.3 is 5.32 Å². The fraction of sp³-hybridized carbons (Fsp3) is 0.538. The zero-order valence-corrected chi connectivity index (χ0v) is 10.8. The molecule has 0 radical (unpaired) electrons. The largest absolute Gasteiger partial charge is 0.314 e. The van der Waals surface area contributed by atoms with Crippen molar-refractivity contribution in [2.45, 2.75) is 38.6 Å². The number of halogens is 1. The van der Waals surface area contributed by atoms with Crippen molar-refractivity contribution < 1.29 is 0 Å². The van der Waals surface area contributed by atoms with Crippen LogP contribution in [0.15, 0.2) is 22.7 Å². The molecule has 1 atom stereocenters. The van der Waals surface area contributed by atoms with E-state index in [0.717, 1.165) is 6.42 Å². The normalized spacial score (nSPS) is 20.8. The van der Waals surface area contributed by atoms with Crippen LogP contribution in [-0.2, 0) is 12.8 Å². The lowest BCUT2D eigenvalue weighted by Crippen LogP contribution is -2.23. The maximum absolute atomic E-state index is 3.58. The first-order valence-corrected chi connectivity index (χ1v) is 6.59. The van der Waals surface area contributed by atoms with Crippen molar-refractivity contribution in [2.24, 2.45) is 0 Å². The lowest BCUT2D eigenvalue weighted by molar-refractivity contribution is 0.602. The van der Waals surface area contributed by atoms with Gasteiger partial charge in [0.1, 0.15) is 0 Å². The van der Waals surface area contributed by atoms with Crippen LogP contribution in [0.4, 0.5) is 0 Å². The molecule has 1 fully saturated rings. The predicted molar refractivity (Wildman–Crippen MR) is 68.2 cm³/mol. The van der Waals surface area contributed by atoms with Gasteiger partial charge in [-0.2, -0.15) is 0 Å². The highest BCUT2D eigenvalue weighted by Crippen LogP contribution is 2.19. The number of hydrogen-bond acceptors (Lipinski definition) is 1. The van der Waals surface area contributed by atoms with Crippen LogP contribution in [-0.4, -0.2) is 12.6 Å². The van der Waals surface area contributed by atoms with Crippen LogP contribution < -0.4 is 5.32 Å². The zero-order valence-electron chi connectivity index (χ0n) is 9.22. The third kappa shape index (κ3) is 3.05. The summed E-state index contributed by atoms with van der Waals surface area (Å²) in [5, 5.41) is 3.55. The van der Waals surface area contributed by atoms with Crippen molar-refractivity contribution >= 4 is 15.9 Å². The van der Waals surface area contributed by atoms with Crippen LogP contribution >= 0.6 is 15.9 Å². The Morgan fingerprint density at radius 1 is 1.33 bits per heavy atom. The molecule has 1 aromatic rings. The molecule has 1 aromatic carbocycles. The first-order chi connectivity index (χ1) is 7.28. The summed E-state index contributed by atoms with van der Waals surface area (Å²) in [6, 6.07) is 7.50. The van der Waals surface area contributed by atoms with Gasteiger partial charge in [0.15, 0.2) is 0 Å². The molecular formula is C13H18BrN. The van der Waals surface area contributed by atoms with E-state index < -0.39 is 0 Å². The highest BCUT2D eigenvalue weighted by Gasteiger charge is 2.14. The lowest BCUT2D eigenvalue weighted by atomic mass is 10.0. The Balaban J connectivity index is 2.09. The minimum Gasteiger partial charge on any atom is -0.314 e. The second-order valence-corrected chi connectivity index (χ2v) is 5.23. The third-order valence-electron chi connectivity index (χ3n) is 3.07. The molecule has 0 aromatic heterocycles. The summed E-state index contributed by atoms with van der Waals surface area (Å²) in [4.78, 5) is 0. The molecule has 0 aliphatic carbocycles. The van der Waals surface area contributed by atoms with Crippen molar-refractivity contribution in [3.05, 3.63) is 33.8 Å². The Morgan fingerprint density at radius 3 is 2.80 bits per heavy atom. The highest BCUT2D eigenvalue weighted by atomic mass is 79.9. The van der Waals surface area contributed by atoms with Crippen LogP contribution in [0.2, 0.25) is 0 Å². The maximum Gasteiger partial charge on any atom is 0.0180 e. The molecule has 1 N–H and O–H groups in total. The summed E-state index contributed by atoms with van der Waals surface area (Å²) in [6.45, 7) is 3.40. The van der Waals surface area contributed by atoms with Crippen LogP contribution in [0.1, 0.15) is 30.9 Å². The Labute approximate surface area is 100 Å². The standard InChI is InChI=1S/C13H18BrN/c1-2-10-6-11(8-12(14)7-10)9-13-4-3-5-15-13/h6-8,13,15H,2-5,9H2,1H3. The zero-order chi connectivity index (χ0) is 10.7. The molecule has 2 heteroatoms. The Kier molecular flexibility index (Phi) is 3.81. The van der Waals surface area contributed by atoms with E-state index in [9.17, 15) is 0 Å². The molecule has 1 heterocycles. The summed E-state index contributed by atoms with van der Waals surface area (Å²) >= 11 is 3.58. The molecule has 1 aliphatic heterocycles. The van der Waals surface area contributed by atoms with Gasteiger partial charge >= 0.3 is 0 Å². The maximum atomic E-state index is 3.58. The van der Waals surface area contributed by atoms with Gasteiger partial charge in [0.2, 0.25) is 0 Å². The average molecular weight is 268 g/mol. The van der Waals surface area contributed by atoms with Crippen molar-refractivity contribution in [2.75, 3.05) is 6.54 Å². The quantitative estimate of drug-likeness (QED) is 0.886. The van der Waals surface area contributed by atoms with Crippen molar-refractivity contribution in [1.29, 1.82) is 0 Å². The monoisotopic (exact) mass is 267 g/mol. The molecule has 2 rings (SSSR count). The lowest BCUT2D eigenvalue weighted by Gasteiger charge is -2.11. The molecule has 15 heavy (non-hydrogen) atoms. The first kappa shape index (κ1) is 11.2. The SMILES string of the molecule is CCc1cc(Br)cc(CC2CCCN2)c1. The number of hydrogen-bond donors (Lipinski definition) is 1. The van der Waals surface area contributed by atoms with Gasteiger partial charge in [-0.05, 0) is 55.5 Å². The smallest absolute Gasteiger partial charge is 0.0180 e. The molecular weight excluding hydrogens is 250 g/mol. The molecule has 0 saturated carbocycles. The summed E-state index contributed by atoms with van der Waals surface area (Å²) in [5.74, 6) is 0. The van der Waals surface area contributed by atoms with E-state index in [1.807, 2.05) is 0 Å². The van der Waals surface area contributed by atoms with E-state index in [1.54, 1.807) is 0 Å². The summed E-state index contributed by atoms with van der Waals surface area (Å²) in [5.41, 5.74) is 2.89. The fourth-order valence-corrected chi connectivity index (χ4v) is 2.84. The van der Waals surface area contributed by atoms with Gasteiger partial charge in [-0.15, -0.1) is 0 Å². The second kappa shape index (κ2) is 5.13. The van der Waals surface area contributed by atoms with E-state index in [0.29, 0.717) is 6.04 Å². The summed E-state index contributed by atoms with van der Waals surface area (Å²) in [6.07, 6.45) is 4.95. The topological polar surface area (TPSA) is 12.0 Å². The van der Waals surface area contributed by atoms with Gasteiger partial charge in [-0.3, -0.25) is 0 Å². The third-order valence-corrected chi connectivity index (χ3v) is 3.53. The number of rotatable bonds is 3. The molecule has 82 valence electrons. The van der Waals surface area contributed by atoms with Crippen LogP contribution in [0, 0.1) is 0 Å². The van der Waals surface area contributed by atoms with E-state index >= 15 is 0 Å². The van der Waals surface area contributed by atoms with Gasteiger partial charge in [0, 0.05) is 10.5 Å². The molecule has 1 unspecified atom stereocenters. The number of aryl methyl sites for hydroxylation is 1. The summed E-state index contributed by atoms with van der Waals surface area (Å²) in [7, 11) is 0. The Morgan fingerprint density at radius 2 is 2.13 bits per heavy atom. The van der Waals surface area contributed by atoms with Crippen molar-refractivity contribution in [3.63, 3.8) is 0 Å². The molecule has 1 nitrogen and oxygen atoms in total. The van der Waals surface area contributed by atoms with Crippen molar-refractivity contribution in [1.82, 2.24) is 5.32 Å². The molecule has 0 bridgehead atoms. The molecule has 0 spiro atoms.